The van der Waals surface area contributed by atoms with Crippen molar-refractivity contribution in [2.24, 2.45) is 0 Å². The van der Waals surface area contributed by atoms with Crippen molar-refractivity contribution in [3.05, 3.63) is 66.5 Å². The van der Waals surface area contributed by atoms with E-state index >= 15 is 0 Å². The van der Waals surface area contributed by atoms with Crippen molar-refractivity contribution >= 4 is 27.2 Å². The van der Waals surface area contributed by atoms with Gasteiger partial charge in [-0.3, -0.25) is 4.72 Å². The Hall–Kier alpha value is -2.93. The Morgan fingerprint density at radius 2 is 1.60 bits per heavy atom. The molecule has 128 valence electrons. The Morgan fingerprint density at radius 1 is 0.880 bits per heavy atom. The van der Waals surface area contributed by atoms with Crippen LogP contribution in [0.25, 0.3) is 11.3 Å². The molecule has 0 bridgehead atoms. The molecule has 0 aliphatic carbocycles. The largest absolute Gasteiger partial charge is 0.340 e. The maximum absolute atomic E-state index is 11.4. The molecular weight excluding hydrogens is 336 g/mol. The molecule has 0 spiro atoms. The van der Waals surface area contributed by atoms with Gasteiger partial charge in [-0.15, -0.1) is 0 Å². The molecular formula is C18H18N4O2S. The second-order valence-corrected chi connectivity index (χ2v) is 7.38. The summed E-state index contributed by atoms with van der Waals surface area (Å²) in [6.45, 7) is 1.83. The summed E-state index contributed by atoms with van der Waals surface area (Å²) in [5, 5.41) is 3.20. The number of benzene rings is 2. The van der Waals surface area contributed by atoms with Crippen LogP contribution < -0.4 is 10.0 Å². The Bertz CT molecular complexity index is 989. The van der Waals surface area contributed by atoms with Crippen LogP contribution in [0.15, 0.2) is 60.7 Å². The molecule has 0 radical (unpaired) electrons. The van der Waals surface area contributed by atoms with Crippen molar-refractivity contribution < 1.29 is 8.42 Å². The van der Waals surface area contributed by atoms with Crippen molar-refractivity contribution in [1.82, 2.24) is 9.97 Å². The lowest BCUT2D eigenvalue weighted by Crippen LogP contribution is -2.09. The minimum absolute atomic E-state index is 0.488. The van der Waals surface area contributed by atoms with E-state index in [0.29, 0.717) is 17.3 Å². The number of anilines is 3. The molecule has 0 saturated carbocycles. The lowest BCUT2D eigenvalue weighted by molar-refractivity contribution is 0.607. The highest BCUT2D eigenvalue weighted by Gasteiger charge is 2.06. The third kappa shape index (κ3) is 4.77. The van der Waals surface area contributed by atoms with E-state index in [9.17, 15) is 8.42 Å². The summed E-state index contributed by atoms with van der Waals surface area (Å²) >= 11 is 0. The summed E-state index contributed by atoms with van der Waals surface area (Å²) in [4.78, 5) is 8.87. The second kappa shape index (κ2) is 6.90. The molecule has 1 heterocycles. The van der Waals surface area contributed by atoms with Gasteiger partial charge < -0.3 is 5.32 Å². The number of sulfonamides is 1. The molecule has 0 atom stereocenters. The molecule has 0 unspecified atom stereocenters. The smallest absolute Gasteiger partial charge is 0.229 e. The van der Waals surface area contributed by atoms with Crippen LogP contribution in [0.4, 0.5) is 17.2 Å². The highest BCUT2D eigenvalue weighted by molar-refractivity contribution is 7.92. The van der Waals surface area contributed by atoms with Crippen LogP contribution in [0.1, 0.15) is 5.82 Å². The number of aromatic nitrogens is 2. The van der Waals surface area contributed by atoms with Crippen molar-refractivity contribution in [3.8, 4) is 11.3 Å². The number of rotatable bonds is 5. The first-order valence-corrected chi connectivity index (χ1v) is 9.54. The molecule has 7 heteroatoms. The first kappa shape index (κ1) is 16.9. The fraction of sp³-hybridized carbons (Fsp3) is 0.111. The summed E-state index contributed by atoms with van der Waals surface area (Å²) in [6, 6.07) is 18.7. The molecule has 2 aromatic carbocycles. The van der Waals surface area contributed by atoms with Crippen molar-refractivity contribution in [2.75, 3.05) is 16.3 Å². The maximum atomic E-state index is 11.4. The molecule has 25 heavy (non-hydrogen) atoms. The minimum atomic E-state index is -3.32. The highest BCUT2D eigenvalue weighted by atomic mass is 32.2. The molecule has 0 aliphatic rings. The fourth-order valence-corrected chi connectivity index (χ4v) is 2.97. The monoisotopic (exact) mass is 354 g/mol. The van der Waals surface area contributed by atoms with Gasteiger partial charge in [0.25, 0.3) is 0 Å². The third-order valence-electron chi connectivity index (χ3n) is 3.35. The SMILES string of the molecule is Cc1nc(Nc2cccc(NS(C)(=O)=O)c2)cc(-c2ccccc2)n1. The molecule has 1 aromatic heterocycles. The van der Waals surface area contributed by atoms with Gasteiger partial charge in [0, 0.05) is 17.3 Å². The van der Waals surface area contributed by atoms with Crippen LogP contribution >= 0.6 is 0 Å². The fourth-order valence-electron chi connectivity index (χ4n) is 2.41. The molecule has 3 aromatic rings. The lowest BCUT2D eigenvalue weighted by atomic mass is 10.1. The maximum Gasteiger partial charge on any atom is 0.229 e. The molecule has 0 saturated heterocycles. The van der Waals surface area contributed by atoms with Crippen LogP contribution in [0.3, 0.4) is 0 Å². The number of hydrogen-bond donors (Lipinski definition) is 2. The number of nitrogens with zero attached hydrogens (tertiary/aromatic N) is 2. The summed E-state index contributed by atoms with van der Waals surface area (Å²) in [7, 11) is -3.32. The third-order valence-corrected chi connectivity index (χ3v) is 3.95. The van der Waals surface area contributed by atoms with Gasteiger partial charge in [-0.1, -0.05) is 36.4 Å². The normalized spacial score (nSPS) is 11.1. The standard InChI is InChI=1S/C18H18N4O2S/c1-13-19-17(14-7-4-3-5-8-14)12-18(20-13)21-15-9-6-10-16(11-15)22-25(2,23)24/h3-12,22H,1-2H3,(H,19,20,21). The zero-order valence-corrected chi connectivity index (χ0v) is 14.7. The van der Waals surface area contributed by atoms with Crippen LogP contribution in [-0.4, -0.2) is 24.6 Å². The van der Waals surface area contributed by atoms with Gasteiger partial charge in [0.15, 0.2) is 0 Å². The Balaban J connectivity index is 1.89. The summed E-state index contributed by atoms with van der Waals surface area (Å²) in [5.74, 6) is 1.29. The first-order chi connectivity index (χ1) is 11.9. The minimum Gasteiger partial charge on any atom is -0.340 e. The first-order valence-electron chi connectivity index (χ1n) is 7.65. The van der Waals surface area contributed by atoms with Gasteiger partial charge in [-0.05, 0) is 25.1 Å². The quantitative estimate of drug-likeness (QED) is 0.732. The van der Waals surface area contributed by atoms with Crippen molar-refractivity contribution in [1.29, 1.82) is 0 Å². The van der Waals surface area contributed by atoms with Gasteiger partial charge in [-0.2, -0.15) is 0 Å². The average Bonchev–Trinajstić information content (AvgIpc) is 2.54. The molecule has 3 rings (SSSR count). The highest BCUT2D eigenvalue weighted by Crippen LogP contribution is 2.23. The molecule has 2 N–H and O–H groups in total. The topological polar surface area (TPSA) is 84.0 Å². The van der Waals surface area contributed by atoms with Gasteiger partial charge in [0.1, 0.15) is 11.6 Å². The molecule has 0 aliphatic heterocycles. The van der Waals surface area contributed by atoms with Crippen molar-refractivity contribution in [2.45, 2.75) is 6.92 Å². The zero-order chi connectivity index (χ0) is 17.9. The van der Waals surface area contributed by atoms with E-state index in [1.807, 2.05) is 49.4 Å². The van der Waals surface area contributed by atoms with Crippen LogP contribution in [0.5, 0.6) is 0 Å². The van der Waals surface area contributed by atoms with Gasteiger partial charge in [0.05, 0.1) is 17.6 Å². The Morgan fingerprint density at radius 3 is 2.32 bits per heavy atom. The number of hydrogen-bond acceptors (Lipinski definition) is 5. The van der Waals surface area contributed by atoms with Gasteiger partial charge in [-0.25, -0.2) is 18.4 Å². The van der Waals surface area contributed by atoms with Crippen LogP contribution in [0.2, 0.25) is 0 Å². The molecule has 0 fully saturated rings. The van der Waals surface area contributed by atoms with E-state index < -0.39 is 10.0 Å². The van der Waals surface area contributed by atoms with E-state index in [1.165, 1.54) is 0 Å². The van der Waals surface area contributed by atoms with Crippen LogP contribution in [0, 0.1) is 6.92 Å². The molecule has 6 nitrogen and oxygen atoms in total. The predicted octanol–water partition coefficient (Wildman–Crippen LogP) is 3.57. The second-order valence-electron chi connectivity index (χ2n) is 5.63. The number of aryl methyl sites for hydroxylation is 1. The van der Waals surface area contributed by atoms with Gasteiger partial charge >= 0.3 is 0 Å². The number of nitrogens with one attached hydrogen (secondary N) is 2. The summed E-state index contributed by atoms with van der Waals surface area (Å²) in [5.41, 5.74) is 3.04. The van der Waals surface area contributed by atoms with Crippen LogP contribution in [-0.2, 0) is 10.0 Å². The van der Waals surface area contributed by atoms with E-state index in [4.69, 9.17) is 0 Å². The van der Waals surface area contributed by atoms with Crippen molar-refractivity contribution in [3.63, 3.8) is 0 Å². The van der Waals surface area contributed by atoms with E-state index in [1.54, 1.807) is 18.2 Å². The predicted molar refractivity (Wildman–Crippen MR) is 100 cm³/mol. The molecule has 0 amide bonds. The lowest BCUT2D eigenvalue weighted by Gasteiger charge is -2.10. The Kier molecular flexibility index (Phi) is 4.67. The summed E-state index contributed by atoms with van der Waals surface area (Å²) in [6.07, 6.45) is 1.12. The van der Waals surface area contributed by atoms with E-state index in [-0.39, 0.29) is 0 Å². The van der Waals surface area contributed by atoms with Gasteiger partial charge in [0.2, 0.25) is 10.0 Å². The zero-order valence-electron chi connectivity index (χ0n) is 13.9. The average molecular weight is 354 g/mol. The Labute approximate surface area is 147 Å². The van der Waals surface area contributed by atoms with E-state index in [0.717, 1.165) is 23.2 Å². The summed E-state index contributed by atoms with van der Waals surface area (Å²) < 4.78 is 25.2. The van der Waals surface area contributed by atoms with E-state index in [2.05, 4.69) is 20.0 Å².